The van der Waals surface area contributed by atoms with Crippen molar-refractivity contribution in [3.8, 4) is 0 Å². The maximum absolute atomic E-state index is 5.72. The summed E-state index contributed by atoms with van der Waals surface area (Å²) < 4.78 is 0. The van der Waals surface area contributed by atoms with Gasteiger partial charge in [0.05, 0.1) is 0 Å². The van der Waals surface area contributed by atoms with Gasteiger partial charge in [0.1, 0.15) is 0 Å². The van der Waals surface area contributed by atoms with Gasteiger partial charge in [0.15, 0.2) is 0 Å². The van der Waals surface area contributed by atoms with E-state index in [4.69, 9.17) is 11.6 Å². The summed E-state index contributed by atoms with van der Waals surface area (Å²) in [4.78, 5) is 2.13. The van der Waals surface area contributed by atoms with E-state index in [2.05, 4.69) is 11.8 Å². The predicted octanol–water partition coefficient (Wildman–Crippen LogP) is 1.79. The fourth-order valence-electron chi connectivity index (χ4n) is 0.827. The normalized spacial score (nSPS) is 28.6. The molecule has 0 aliphatic carbocycles. The molecule has 1 aliphatic heterocycles. The molecule has 0 saturated heterocycles. The number of nitrogens with zero attached hydrogens (tertiary/aromatic N) is 1. The van der Waals surface area contributed by atoms with Gasteiger partial charge in [0, 0.05) is 30.7 Å². The predicted molar refractivity (Wildman–Crippen MR) is 35.8 cm³/mol. The van der Waals surface area contributed by atoms with E-state index in [1.54, 1.807) is 0 Å². The molecule has 0 bridgehead atoms. The maximum Gasteiger partial charge on any atom is 0.0359 e. The minimum Gasteiger partial charge on any atom is -0.376 e. The summed E-state index contributed by atoms with van der Waals surface area (Å²) in [5, 5.41) is 0.972. The molecule has 1 aliphatic rings. The van der Waals surface area contributed by atoms with E-state index in [0.717, 1.165) is 11.5 Å². The summed E-state index contributed by atoms with van der Waals surface area (Å²) in [5.41, 5.74) is 0. The van der Waals surface area contributed by atoms with Crippen LogP contribution < -0.4 is 0 Å². The second-order valence-electron chi connectivity index (χ2n) is 2.29. The van der Waals surface area contributed by atoms with Crippen molar-refractivity contribution in [3.63, 3.8) is 0 Å². The van der Waals surface area contributed by atoms with Crippen LogP contribution in [0.25, 0.3) is 0 Å². The van der Waals surface area contributed by atoms with Crippen molar-refractivity contribution >= 4 is 11.6 Å². The van der Waals surface area contributed by atoms with Gasteiger partial charge in [-0.2, -0.15) is 0 Å². The zero-order valence-electron chi connectivity index (χ0n) is 5.19. The molecule has 0 aromatic heterocycles. The lowest BCUT2D eigenvalue weighted by atomic mass is 10.3. The molecule has 0 N–H and O–H groups in total. The number of halogens is 1. The number of hydrogen-bond donors (Lipinski definition) is 0. The summed E-state index contributed by atoms with van der Waals surface area (Å²) in [6.07, 6.45) is 2.99. The highest BCUT2D eigenvalue weighted by atomic mass is 35.5. The van der Waals surface area contributed by atoms with E-state index in [1.165, 1.54) is 0 Å². The molecule has 0 aromatic rings. The molecule has 1 atom stereocenters. The highest BCUT2D eigenvalue weighted by Crippen LogP contribution is 2.21. The van der Waals surface area contributed by atoms with Crippen molar-refractivity contribution < 1.29 is 0 Å². The fraction of sp³-hybridized carbons (Fsp3) is 0.667. The van der Waals surface area contributed by atoms with Crippen LogP contribution in [0.3, 0.4) is 0 Å². The Labute approximate surface area is 54.9 Å². The Bertz CT molecular complexity index is 120. The molecular weight excluding hydrogens is 122 g/mol. The fourth-order valence-corrected chi connectivity index (χ4v) is 1.20. The Morgan fingerprint density at radius 3 is 2.62 bits per heavy atom. The van der Waals surface area contributed by atoms with Crippen LogP contribution in [0.4, 0.5) is 0 Å². The summed E-state index contributed by atoms with van der Waals surface area (Å²) in [6.45, 7) is 2.16. The highest BCUT2D eigenvalue weighted by Gasteiger charge is 2.14. The van der Waals surface area contributed by atoms with Gasteiger partial charge in [-0.15, -0.1) is 0 Å². The third kappa shape index (κ3) is 0.972. The number of hydrogen-bond acceptors (Lipinski definition) is 1. The molecule has 0 amide bonds. The van der Waals surface area contributed by atoms with Gasteiger partial charge in [-0.1, -0.05) is 11.6 Å². The SMILES string of the molecule is CC1CC(Cl)=CN1C. The molecule has 2 heteroatoms. The molecular formula is C6H10ClN. The van der Waals surface area contributed by atoms with Crippen molar-refractivity contribution in [2.45, 2.75) is 19.4 Å². The first kappa shape index (κ1) is 5.96. The van der Waals surface area contributed by atoms with Crippen molar-refractivity contribution in [2.24, 2.45) is 0 Å². The third-order valence-corrected chi connectivity index (χ3v) is 1.78. The third-order valence-electron chi connectivity index (χ3n) is 1.53. The van der Waals surface area contributed by atoms with Gasteiger partial charge in [0.25, 0.3) is 0 Å². The van der Waals surface area contributed by atoms with Crippen LogP contribution in [0.5, 0.6) is 0 Å². The molecule has 46 valence electrons. The molecule has 1 heterocycles. The van der Waals surface area contributed by atoms with E-state index in [0.29, 0.717) is 6.04 Å². The lowest BCUT2D eigenvalue weighted by molar-refractivity contribution is 0.382. The van der Waals surface area contributed by atoms with Crippen molar-refractivity contribution in [3.05, 3.63) is 11.2 Å². The first-order chi connectivity index (χ1) is 3.70. The standard InChI is InChI=1S/C6H10ClN/c1-5-3-6(7)4-8(5)2/h4-5H,3H2,1-2H3. The minimum atomic E-state index is 0.600. The average Bonchev–Trinajstić information content (AvgIpc) is 1.85. The molecule has 1 nitrogen and oxygen atoms in total. The second kappa shape index (κ2) is 1.98. The van der Waals surface area contributed by atoms with E-state index < -0.39 is 0 Å². The van der Waals surface area contributed by atoms with E-state index in [1.807, 2.05) is 13.2 Å². The zero-order valence-corrected chi connectivity index (χ0v) is 5.94. The molecule has 1 unspecified atom stereocenters. The van der Waals surface area contributed by atoms with Crippen LogP contribution in [-0.2, 0) is 0 Å². The van der Waals surface area contributed by atoms with Gasteiger partial charge < -0.3 is 4.90 Å². The summed E-state index contributed by atoms with van der Waals surface area (Å²) >= 11 is 5.72. The molecule has 0 radical (unpaired) electrons. The van der Waals surface area contributed by atoms with E-state index in [9.17, 15) is 0 Å². The second-order valence-corrected chi connectivity index (χ2v) is 2.78. The minimum absolute atomic E-state index is 0.600. The van der Waals surface area contributed by atoms with Crippen LogP contribution in [0, 0.1) is 0 Å². The molecule has 0 aromatic carbocycles. The Hall–Kier alpha value is -0.170. The lowest BCUT2D eigenvalue weighted by Gasteiger charge is -2.13. The Morgan fingerprint density at radius 2 is 2.50 bits per heavy atom. The van der Waals surface area contributed by atoms with Gasteiger partial charge in [-0.25, -0.2) is 0 Å². The molecule has 0 spiro atoms. The van der Waals surface area contributed by atoms with E-state index in [-0.39, 0.29) is 0 Å². The van der Waals surface area contributed by atoms with Gasteiger partial charge in [-0.05, 0) is 6.92 Å². The topological polar surface area (TPSA) is 3.24 Å². The molecule has 8 heavy (non-hydrogen) atoms. The van der Waals surface area contributed by atoms with Crippen LogP contribution in [0.1, 0.15) is 13.3 Å². The summed E-state index contributed by atoms with van der Waals surface area (Å²) in [7, 11) is 2.04. The summed E-state index contributed by atoms with van der Waals surface area (Å²) in [5.74, 6) is 0. The molecule has 0 fully saturated rings. The average molecular weight is 132 g/mol. The molecule has 0 saturated carbocycles. The van der Waals surface area contributed by atoms with Gasteiger partial charge in [0.2, 0.25) is 0 Å². The van der Waals surface area contributed by atoms with Crippen LogP contribution in [-0.4, -0.2) is 18.0 Å². The first-order valence-corrected chi connectivity index (χ1v) is 3.16. The first-order valence-electron chi connectivity index (χ1n) is 2.78. The zero-order chi connectivity index (χ0) is 6.15. The highest BCUT2D eigenvalue weighted by molar-refractivity contribution is 6.29. The van der Waals surface area contributed by atoms with Crippen LogP contribution in [0.2, 0.25) is 0 Å². The lowest BCUT2D eigenvalue weighted by Crippen LogP contribution is -2.17. The van der Waals surface area contributed by atoms with E-state index >= 15 is 0 Å². The van der Waals surface area contributed by atoms with Crippen molar-refractivity contribution in [2.75, 3.05) is 7.05 Å². The largest absolute Gasteiger partial charge is 0.376 e. The van der Waals surface area contributed by atoms with Crippen LogP contribution >= 0.6 is 11.6 Å². The van der Waals surface area contributed by atoms with Crippen molar-refractivity contribution in [1.82, 2.24) is 4.90 Å². The number of rotatable bonds is 0. The maximum atomic E-state index is 5.72. The van der Waals surface area contributed by atoms with Gasteiger partial charge >= 0.3 is 0 Å². The monoisotopic (exact) mass is 131 g/mol. The smallest absolute Gasteiger partial charge is 0.0359 e. The quantitative estimate of drug-likeness (QED) is 0.485. The summed E-state index contributed by atoms with van der Waals surface area (Å²) in [6, 6.07) is 0.600. The Balaban J connectivity index is 2.56. The Kier molecular flexibility index (Phi) is 1.47. The van der Waals surface area contributed by atoms with Crippen molar-refractivity contribution in [1.29, 1.82) is 0 Å². The van der Waals surface area contributed by atoms with Gasteiger partial charge in [-0.3, -0.25) is 0 Å². The molecule has 1 rings (SSSR count). The Morgan fingerprint density at radius 1 is 1.88 bits per heavy atom. The van der Waals surface area contributed by atoms with Crippen LogP contribution in [0.15, 0.2) is 11.2 Å².